The van der Waals surface area contributed by atoms with Gasteiger partial charge >= 0.3 is 0 Å². The van der Waals surface area contributed by atoms with Crippen LogP contribution in [0.3, 0.4) is 0 Å². The van der Waals surface area contributed by atoms with Gasteiger partial charge in [-0.1, -0.05) is 6.42 Å². The molecule has 0 aromatic rings. The van der Waals surface area contributed by atoms with Crippen molar-refractivity contribution in [1.29, 1.82) is 0 Å². The average Bonchev–Trinajstić information content (AvgIpc) is 1.72. The predicted molar refractivity (Wildman–Crippen MR) is 36.8 cm³/mol. The Labute approximate surface area is 51.0 Å². The second-order valence-electron chi connectivity index (χ2n) is 1.81. The molecule has 1 saturated heterocycles. The molecule has 0 amide bonds. The van der Waals surface area contributed by atoms with E-state index in [1.54, 1.807) is 0 Å². The van der Waals surface area contributed by atoms with Gasteiger partial charge in [0.2, 0.25) is 0 Å². The summed E-state index contributed by atoms with van der Waals surface area (Å²) in [6.07, 6.45) is 4.22. The van der Waals surface area contributed by atoms with Gasteiger partial charge in [0.1, 0.15) is 0 Å². The molecule has 0 unspecified atom stereocenters. The van der Waals surface area contributed by atoms with E-state index in [1.165, 1.54) is 32.4 Å². The molecule has 0 saturated carbocycles. The van der Waals surface area contributed by atoms with Gasteiger partial charge in [-0.05, 0) is 25.9 Å². The van der Waals surface area contributed by atoms with E-state index in [1.807, 2.05) is 0 Å². The maximum absolute atomic E-state index is 3.28. The van der Waals surface area contributed by atoms with Crippen molar-refractivity contribution in [3.8, 4) is 0 Å². The lowest BCUT2D eigenvalue weighted by Crippen LogP contribution is -2.21. The number of hydrogen-bond acceptors (Lipinski definition) is 3. The van der Waals surface area contributed by atoms with Gasteiger partial charge < -0.3 is 17.6 Å². The molecule has 8 heavy (non-hydrogen) atoms. The minimum absolute atomic E-state index is 0. The first kappa shape index (κ1) is 10.8. The van der Waals surface area contributed by atoms with E-state index in [-0.39, 0.29) is 12.3 Å². The Balaban J connectivity index is 0. The highest BCUT2D eigenvalue weighted by Crippen LogP contribution is 1.96. The van der Waals surface area contributed by atoms with Crippen molar-refractivity contribution in [2.75, 3.05) is 13.1 Å². The molecule has 0 spiro atoms. The van der Waals surface area contributed by atoms with Crippen molar-refractivity contribution in [3.05, 3.63) is 0 Å². The smallest absolute Gasteiger partial charge is 0.00489 e. The summed E-state index contributed by atoms with van der Waals surface area (Å²) in [5.41, 5.74) is 0. The molecular formula is C5H17N3. The second kappa shape index (κ2) is 6.88. The zero-order valence-electron chi connectivity index (χ0n) is 5.45. The fourth-order valence-corrected chi connectivity index (χ4v) is 0.802. The molecule has 0 aromatic heterocycles. The molecule has 0 atom stereocenters. The van der Waals surface area contributed by atoms with Crippen molar-refractivity contribution in [2.24, 2.45) is 0 Å². The molecule has 3 heteroatoms. The standard InChI is InChI=1S/C5H11N.2H3N/c1-2-4-6-5-3-1;;/h6H,1-5H2;2*1H3. The molecule has 0 aromatic carbocycles. The van der Waals surface area contributed by atoms with Crippen molar-refractivity contribution >= 4 is 0 Å². The van der Waals surface area contributed by atoms with Crippen LogP contribution in [0.5, 0.6) is 0 Å². The Morgan fingerprint density at radius 1 is 0.750 bits per heavy atom. The minimum Gasteiger partial charge on any atom is -0.344 e. The monoisotopic (exact) mass is 119 g/mol. The van der Waals surface area contributed by atoms with Crippen LogP contribution in [-0.2, 0) is 0 Å². The van der Waals surface area contributed by atoms with Crippen LogP contribution in [0.15, 0.2) is 0 Å². The summed E-state index contributed by atoms with van der Waals surface area (Å²) in [5, 5.41) is 3.28. The van der Waals surface area contributed by atoms with E-state index in [0.29, 0.717) is 0 Å². The first-order valence-corrected chi connectivity index (χ1v) is 2.71. The van der Waals surface area contributed by atoms with Gasteiger partial charge in [0, 0.05) is 0 Å². The normalized spacial score (nSPS) is 18.0. The summed E-state index contributed by atoms with van der Waals surface area (Å²) in [6.45, 7) is 2.50. The summed E-state index contributed by atoms with van der Waals surface area (Å²) in [5.74, 6) is 0. The van der Waals surface area contributed by atoms with E-state index in [9.17, 15) is 0 Å². The lowest BCUT2D eigenvalue weighted by atomic mass is 10.2. The van der Waals surface area contributed by atoms with E-state index >= 15 is 0 Å². The van der Waals surface area contributed by atoms with Gasteiger partial charge in [-0.15, -0.1) is 0 Å². The van der Waals surface area contributed by atoms with E-state index in [0.717, 1.165) is 0 Å². The first-order valence-electron chi connectivity index (χ1n) is 2.71. The summed E-state index contributed by atoms with van der Waals surface area (Å²) in [6, 6.07) is 0. The summed E-state index contributed by atoms with van der Waals surface area (Å²) in [4.78, 5) is 0. The number of rotatable bonds is 0. The first-order chi connectivity index (χ1) is 3.00. The average molecular weight is 119 g/mol. The molecule has 0 bridgehead atoms. The molecule has 1 aliphatic rings. The molecule has 1 rings (SSSR count). The van der Waals surface area contributed by atoms with Gasteiger partial charge in [-0.3, -0.25) is 0 Å². The predicted octanol–water partition coefficient (Wildman–Crippen LogP) is 1.08. The van der Waals surface area contributed by atoms with Crippen LogP contribution < -0.4 is 17.6 Å². The van der Waals surface area contributed by atoms with E-state index < -0.39 is 0 Å². The quantitative estimate of drug-likeness (QED) is 0.446. The third kappa shape index (κ3) is 4.05. The van der Waals surface area contributed by atoms with Crippen molar-refractivity contribution in [2.45, 2.75) is 19.3 Å². The zero-order valence-corrected chi connectivity index (χ0v) is 5.45. The Morgan fingerprint density at radius 2 is 1.25 bits per heavy atom. The highest BCUT2D eigenvalue weighted by Gasteiger charge is 1.93. The van der Waals surface area contributed by atoms with Crippen LogP contribution in [0.1, 0.15) is 19.3 Å². The largest absolute Gasteiger partial charge is 0.344 e. The maximum Gasteiger partial charge on any atom is -0.00489 e. The molecule has 52 valence electrons. The topological polar surface area (TPSA) is 82.0 Å². The van der Waals surface area contributed by atoms with Crippen LogP contribution in [-0.4, -0.2) is 13.1 Å². The van der Waals surface area contributed by atoms with Crippen molar-refractivity contribution < 1.29 is 0 Å². The Kier molecular flexibility index (Phi) is 9.28. The molecule has 3 nitrogen and oxygen atoms in total. The maximum atomic E-state index is 3.28. The number of nitrogens with one attached hydrogen (secondary N) is 1. The van der Waals surface area contributed by atoms with Gasteiger partial charge in [0.15, 0.2) is 0 Å². The third-order valence-electron chi connectivity index (χ3n) is 1.21. The van der Waals surface area contributed by atoms with Crippen LogP contribution in [0.2, 0.25) is 0 Å². The van der Waals surface area contributed by atoms with E-state index in [4.69, 9.17) is 0 Å². The molecule has 0 aliphatic carbocycles. The lowest BCUT2D eigenvalue weighted by molar-refractivity contribution is 0.520. The van der Waals surface area contributed by atoms with Crippen LogP contribution >= 0.6 is 0 Å². The highest BCUT2D eigenvalue weighted by atomic mass is 14.9. The Hall–Kier alpha value is -0.120. The molecule has 1 aliphatic heterocycles. The second-order valence-corrected chi connectivity index (χ2v) is 1.81. The zero-order chi connectivity index (χ0) is 4.24. The van der Waals surface area contributed by atoms with Gasteiger partial charge in [-0.25, -0.2) is 0 Å². The van der Waals surface area contributed by atoms with Gasteiger partial charge in [-0.2, -0.15) is 0 Å². The Morgan fingerprint density at radius 3 is 1.38 bits per heavy atom. The van der Waals surface area contributed by atoms with Crippen LogP contribution in [0, 0.1) is 0 Å². The molecule has 1 heterocycles. The summed E-state index contributed by atoms with van der Waals surface area (Å²) < 4.78 is 0. The van der Waals surface area contributed by atoms with Crippen molar-refractivity contribution in [3.63, 3.8) is 0 Å². The lowest BCUT2D eigenvalue weighted by Gasteiger charge is -2.08. The summed E-state index contributed by atoms with van der Waals surface area (Å²) in [7, 11) is 0. The van der Waals surface area contributed by atoms with Crippen molar-refractivity contribution in [1.82, 2.24) is 17.6 Å². The summed E-state index contributed by atoms with van der Waals surface area (Å²) >= 11 is 0. The van der Waals surface area contributed by atoms with Crippen LogP contribution in [0.4, 0.5) is 0 Å². The SMILES string of the molecule is C1CCNCC1.N.N. The fourth-order valence-electron chi connectivity index (χ4n) is 0.802. The molecule has 1 fully saturated rings. The van der Waals surface area contributed by atoms with E-state index in [2.05, 4.69) is 5.32 Å². The number of piperidine rings is 1. The molecule has 7 N–H and O–H groups in total. The van der Waals surface area contributed by atoms with Gasteiger partial charge in [0.25, 0.3) is 0 Å². The fraction of sp³-hybridized carbons (Fsp3) is 1.00. The Bertz CT molecular complexity index is 23.1. The van der Waals surface area contributed by atoms with Crippen LogP contribution in [0.25, 0.3) is 0 Å². The molecule has 0 radical (unpaired) electrons. The third-order valence-corrected chi connectivity index (χ3v) is 1.21. The highest BCUT2D eigenvalue weighted by molar-refractivity contribution is 4.55. The van der Waals surface area contributed by atoms with Gasteiger partial charge in [0.05, 0.1) is 0 Å². The number of hydrogen-bond donors (Lipinski definition) is 3. The molecular weight excluding hydrogens is 102 g/mol. The minimum atomic E-state index is 0.